The summed E-state index contributed by atoms with van der Waals surface area (Å²) in [6, 6.07) is 0. The molecule has 0 rings (SSSR count). The molecule has 15 nitrogen and oxygen atoms in total. The van der Waals surface area contributed by atoms with Gasteiger partial charge >= 0.3 is 23.9 Å². The van der Waals surface area contributed by atoms with Crippen molar-refractivity contribution in [2.45, 2.75) is 0 Å². The van der Waals surface area contributed by atoms with Gasteiger partial charge in [-0.25, -0.2) is 4.21 Å². The third-order valence-electron chi connectivity index (χ3n) is 4.20. The van der Waals surface area contributed by atoms with Crippen LogP contribution in [0.15, 0.2) is 0 Å². The summed E-state index contributed by atoms with van der Waals surface area (Å²) in [4.78, 5) is 60.0. The number of hydrogen-bond donors (Lipinski definition) is 5. The van der Waals surface area contributed by atoms with Crippen LogP contribution >= 0.6 is 0 Å². The molecule has 1 amide bonds. The zero-order chi connectivity index (χ0) is 26.3. The van der Waals surface area contributed by atoms with Crippen molar-refractivity contribution in [3.05, 3.63) is 0 Å². The van der Waals surface area contributed by atoms with Crippen molar-refractivity contribution in [2.24, 2.45) is 0 Å². The van der Waals surface area contributed by atoms with E-state index in [1.807, 2.05) is 0 Å². The van der Waals surface area contributed by atoms with E-state index >= 15 is 0 Å². The fourth-order valence-electron chi connectivity index (χ4n) is 2.69. The molecule has 1 unspecified atom stereocenters. The van der Waals surface area contributed by atoms with Gasteiger partial charge in [0.05, 0.1) is 45.6 Å². The Labute approximate surface area is 201 Å². The van der Waals surface area contributed by atoms with Crippen molar-refractivity contribution in [2.75, 3.05) is 78.3 Å². The van der Waals surface area contributed by atoms with E-state index in [0.717, 1.165) is 4.90 Å². The van der Waals surface area contributed by atoms with Crippen molar-refractivity contribution in [3.63, 3.8) is 0 Å². The van der Waals surface area contributed by atoms with Gasteiger partial charge < -0.3 is 25.7 Å². The Bertz CT molecular complexity index is 806. The summed E-state index contributed by atoms with van der Waals surface area (Å²) >= 11 is 4.68. The normalized spacial score (nSPS) is 13.1. The van der Waals surface area contributed by atoms with Gasteiger partial charge in [0.1, 0.15) is 8.77 Å². The molecular formula is C17H30N4O11S2. The molecular weight excluding hydrogens is 500 g/mol. The molecule has 0 aliphatic carbocycles. The van der Waals surface area contributed by atoms with Gasteiger partial charge in [0.15, 0.2) is 0 Å². The van der Waals surface area contributed by atoms with E-state index in [1.165, 1.54) is 16.9 Å². The number of carboxylic acids is 4. The zero-order valence-electron chi connectivity index (χ0n) is 18.6. The van der Waals surface area contributed by atoms with Crippen molar-refractivity contribution in [1.29, 1.82) is 0 Å². The van der Waals surface area contributed by atoms with Gasteiger partial charge in [-0.1, -0.05) is 0 Å². The Morgan fingerprint density at radius 2 is 1.09 bits per heavy atom. The van der Waals surface area contributed by atoms with E-state index in [2.05, 4.69) is 20.7 Å². The average molecular weight is 531 g/mol. The first-order valence-electron chi connectivity index (χ1n) is 9.83. The van der Waals surface area contributed by atoms with E-state index in [1.54, 1.807) is 0 Å². The van der Waals surface area contributed by atoms with Crippen LogP contribution < -0.4 is 5.32 Å². The van der Waals surface area contributed by atoms with E-state index in [-0.39, 0.29) is 45.0 Å². The van der Waals surface area contributed by atoms with Crippen LogP contribution in [0, 0.1) is 0 Å². The lowest BCUT2D eigenvalue weighted by molar-refractivity contribution is -0.143. The third kappa shape index (κ3) is 17.1. The van der Waals surface area contributed by atoms with Crippen LogP contribution in [0.2, 0.25) is 0 Å². The molecule has 0 aliphatic heterocycles. The maximum absolute atomic E-state index is 12.1. The first-order chi connectivity index (χ1) is 15.7. The molecule has 5 N–H and O–H groups in total. The summed E-state index contributed by atoms with van der Waals surface area (Å²) in [5.41, 5.74) is 0. The highest BCUT2D eigenvalue weighted by Gasteiger charge is 2.19. The van der Waals surface area contributed by atoms with Gasteiger partial charge in [-0.3, -0.25) is 42.9 Å². The predicted octanol–water partition coefficient (Wildman–Crippen LogP) is -3.35. The van der Waals surface area contributed by atoms with Crippen molar-refractivity contribution in [1.82, 2.24) is 20.0 Å². The summed E-state index contributed by atoms with van der Waals surface area (Å²) in [6.45, 7) is -2.59. The molecule has 1 atom stereocenters. The molecule has 0 bridgehead atoms. The second-order valence-electron chi connectivity index (χ2n) is 7.05. The molecule has 0 aromatic heterocycles. The van der Waals surface area contributed by atoms with E-state index in [9.17, 15) is 28.2 Å². The minimum Gasteiger partial charge on any atom is -0.480 e. The van der Waals surface area contributed by atoms with Gasteiger partial charge in [-0.2, -0.15) is 0 Å². The van der Waals surface area contributed by atoms with Crippen LogP contribution in [-0.2, 0) is 48.1 Å². The van der Waals surface area contributed by atoms with E-state index < -0.39 is 64.7 Å². The lowest BCUT2D eigenvalue weighted by Gasteiger charge is -2.27. The smallest absolute Gasteiger partial charge is 0.317 e. The second-order valence-corrected chi connectivity index (χ2v) is 10.4. The molecule has 0 aromatic carbocycles. The summed E-state index contributed by atoms with van der Waals surface area (Å²) < 4.78 is 16.2. The number of amides is 1. The molecule has 0 heterocycles. The third-order valence-corrected chi connectivity index (χ3v) is 6.32. The minimum absolute atomic E-state index is 0.00446. The topological polar surface area (TPSA) is 214 Å². The van der Waals surface area contributed by atoms with Crippen molar-refractivity contribution < 1.29 is 52.8 Å². The summed E-state index contributed by atoms with van der Waals surface area (Å²) in [5, 5.41) is 38.5. The van der Waals surface area contributed by atoms with Gasteiger partial charge in [0.25, 0.3) is 0 Å². The number of rotatable bonds is 20. The quantitative estimate of drug-likeness (QED) is 0.104. The van der Waals surface area contributed by atoms with Gasteiger partial charge in [-0.15, -0.1) is 0 Å². The lowest BCUT2D eigenvalue weighted by atomic mass is 10.3. The molecule has 0 saturated carbocycles. The minimum atomic E-state index is -2.95. The van der Waals surface area contributed by atoms with Crippen LogP contribution in [0.4, 0.5) is 0 Å². The highest BCUT2D eigenvalue weighted by Crippen LogP contribution is 1.97. The number of hydrogen-bond acceptors (Lipinski definition) is 11. The molecule has 17 heteroatoms. The van der Waals surface area contributed by atoms with Crippen molar-refractivity contribution in [3.8, 4) is 0 Å². The van der Waals surface area contributed by atoms with Gasteiger partial charge in [-0.05, 0) is 0 Å². The molecule has 34 heavy (non-hydrogen) atoms. The first kappa shape index (κ1) is 31.6. The number of carbonyl (C=O) groups is 5. The van der Waals surface area contributed by atoms with Crippen LogP contribution in [0.5, 0.6) is 0 Å². The molecule has 0 aromatic rings. The zero-order valence-corrected chi connectivity index (χ0v) is 20.2. The highest BCUT2D eigenvalue weighted by molar-refractivity contribution is 8.30. The maximum atomic E-state index is 12.1. The van der Waals surface area contributed by atoms with Crippen LogP contribution in [0.3, 0.4) is 0 Å². The molecule has 0 saturated heterocycles. The molecule has 0 aliphatic rings. The summed E-state index contributed by atoms with van der Waals surface area (Å²) in [5.74, 6) is -5.60. The molecule has 0 spiro atoms. The van der Waals surface area contributed by atoms with E-state index in [0.29, 0.717) is 0 Å². The fraction of sp³-hybridized carbons (Fsp3) is 0.706. The Morgan fingerprint density at radius 1 is 0.735 bits per heavy atom. The Morgan fingerprint density at radius 3 is 1.47 bits per heavy atom. The Balaban J connectivity index is 4.99. The standard InChI is InChI=1S/C17H30N4O11S2/c1-32-34(31,33)7-2-18-13(22)8-20(10-15(25)26)5-3-19(9-14(23)24)4-6-21(11-16(27)28)12-17(29)30/h2-12H2,1H3,(H,18,22)(H,23,24)(H,25,26)(H,27,28)(H,29,30). The summed E-state index contributed by atoms with van der Waals surface area (Å²) in [7, 11) is -1.78. The maximum Gasteiger partial charge on any atom is 0.317 e. The summed E-state index contributed by atoms with van der Waals surface area (Å²) in [6.07, 6.45) is 0. The van der Waals surface area contributed by atoms with E-state index in [4.69, 9.17) is 20.4 Å². The number of carbonyl (C=O) groups excluding carboxylic acids is 1. The predicted molar refractivity (Wildman–Crippen MR) is 120 cm³/mol. The highest BCUT2D eigenvalue weighted by atomic mass is 32.8. The average Bonchev–Trinajstić information content (AvgIpc) is 2.67. The monoisotopic (exact) mass is 530 g/mol. The number of nitrogens with zero attached hydrogens (tertiary/aromatic N) is 3. The molecule has 196 valence electrons. The SMILES string of the molecule is COS(=O)(=S)CCNC(=O)CN(CCN(CCN(CC(=O)O)CC(=O)O)CC(=O)O)CC(=O)O. The number of aliphatic carboxylic acids is 4. The molecule has 0 radical (unpaired) electrons. The Hall–Kier alpha value is -2.44. The lowest BCUT2D eigenvalue weighted by Crippen LogP contribution is -2.46. The first-order valence-corrected chi connectivity index (χ1v) is 12.4. The second kappa shape index (κ2) is 16.2. The van der Waals surface area contributed by atoms with Gasteiger partial charge in [0, 0.05) is 43.9 Å². The van der Waals surface area contributed by atoms with Crippen molar-refractivity contribution >= 4 is 49.7 Å². The largest absolute Gasteiger partial charge is 0.480 e. The number of carboxylic acid groups (broad SMARTS) is 4. The number of nitrogens with one attached hydrogen (secondary N) is 1. The molecule has 0 fully saturated rings. The van der Waals surface area contributed by atoms with Crippen LogP contribution in [-0.4, -0.2) is 147 Å². The van der Waals surface area contributed by atoms with Crippen LogP contribution in [0.25, 0.3) is 0 Å². The van der Waals surface area contributed by atoms with Gasteiger partial charge in [0.2, 0.25) is 5.91 Å². The fourth-order valence-corrected chi connectivity index (χ4v) is 3.46. The Kier molecular flexibility index (Phi) is 15.1. The van der Waals surface area contributed by atoms with Crippen LogP contribution in [0.1, 0.15) is 0 Å².